The molecule has 0 saturated heterocycles. The fourth-order valence-electron chi connectivity index (χ4n) is 2.67. The Labute approximate surface area is 137 Å². The number of ether oxygens (including phenoxy) is 1. The standard InChI is InChI=1S/C19H24N2O2/c1-5-10-21(11-6-2)13-17-14(4)20-18-9-8-15(23-7-3)12-16(18)19(17)22/h5-6,8-9,12H,1-2,7,10-11,13H2,3-4H3,(H,20,22). The molecule has 2 rings (SSSR count). The maximum Gasteiger partial charge on any atom is 0.194 e. The molecule has 0 amide bonds. The summed E-state index contributed by atoms with van der Waals surface area (Å²) in [6, 6.07) is 5.58. The van der Waals surface area contributed by atoms with Gasteiger partial charge >= 0.3 is 0 Å². The first-order valence-corrected chi connectivity index (χ1v) is 7.83. The maximum atomic E-state index is 12.9. The number of hydrogen-bond donors (Lipinski definition) is 1. The second-order valence-corrected chi connectivity index (χ2v) is 5.47. The number of aromatic amines is 1. The van der Waals surface area contributed by atoms with E-state index in [1.807, 2.05) is 44.2 Å². The fourth-order valence-corrected chi connectivity index (χ4v) is 2.67. The van der Waals surface area contributed by atoms with E-state index in [0.717, 1.165) is 16.8 Å². The zero-order valence-corrected chi connectivity index (χ0v) is 13.9. The van der Waals surface area contributed by atoms with Crippen LogP contribution in [0.25, 0.3) is 10.9 Å². The number of pyridine rings is 1. The van der Waals surface area contributed by atoms with Crippen LogP contribution in [0.4, 0.5) is 0 Å². The molecule has 0 saturated carbocycles. The van der Waals surface area contributed by atoms with Gasteiger partial charge < -0.3 is 9.72 Å². The molecule has 1 aromatic carbocycles. The lowest BCUT2D eigenvalue weighted by Gasteiger charge is -2.20. The minimum atomic E-state index is 0.0518. The Kier molecular flexibility index (Phi) is 5.77. The van der Waals surface area contributed by atoms with Gasteiger partial charge in [0.2, 0.25) is 0 Å². The molecule has 4 nitrogen and oxygen atoms in total. The van der Waals surface area contributed by atoms with Crippen molar-refractivity contribution < 1.29 is 4.74 Å². The molecule has 122 valence electrons. The van der Waals surface area contributed by atoms with E-state index in [-0.39, 0.29) is 5.43 Å². The van der Waals surface area contributed by atoms with Crippen LogP contribution in [0.1, 0.15) is 18.2 Å². The Balaban J connectivity index is 2.48. The molecule has 0 aliphatic heterocycles. The van der Waals surface area contributed by atoms with Crippen LogP contribution in [-0.4, -0.2) is 29.6 Å². The number of fused-ring (bicyclic) bond motifs is 1. The smallest absolute Gasteiger partial charge is 0.194 e. The Morgan fingerprint density at radius 1 is 1.26 bits per heavy atom. The lowest BCUT2D eigenvalue weighted by Crippen LogP contribution is -2.27. The molecule has 23 heavy (non-hydrogen) atoms. The van der Waals surface area contributed by atoms with Crippen LogP contribution in [0, 0.1) is 6.92 Å². The van der Waals surface area contributed by atoms with Crippen LogP contribution < -0.4 is 10.2 Å². The second-order valence-electron chi connectivity index (χ2n) is 5.47. The highest BCUT2D eigenvalue weighted by Gasteiger charge is 2.13. The van der Waals surface area contributed by atoms with E-state index in [1.165, 1.54) is 0 Å². The zero-order valence-electron chi connectivity index (χ0n) is 13.9. The third kappa shape index (κ3) is 3.90. The highest BCUT2D eigenvalue weighted by atomic mass is 16.5. The largest absolute Gasteiger partial charge is 0.494 e. The summed E-state index contributed by atoms with van der Waals surface area (Å²) in [5.41, 5.74) is 2.55. The summed E-state index contributed by atoms with van der Waals surface area (Å²) in [4.78, 5) is 18.3. The van der Waals surface area contributed by atoms with Gasteiger partial charge in [0, 0.05) is 41.8 Å². The van der Waals surface area contributed by atoms with Crippen molar-refractivity contribution in [2.45, 2.75) is 20.4 Å². The first kappa shape index (κ1) is 17.0. The van der Waals surface area contributed by atoms with Gasteiger partial charge in [-0.3, -0.25) is 9.69 Å². The number of nitrogens with one attached hydrogen (secondary N) is 1. The molecule has 0 aliphatic rings. The van der Waals surface area contributed by atoms with E-state index < -0.39 is 0 Å². The Morgan fingerprint density at radius 2 is 1.96 bits per heavy atom. The van der Waals surface area contributed by atoms with E-state index in [1.54, 1.807) is 0 Å². The van der Waals surface area contributed by atoms with Crippen LogP contribution in [0.2, 0.25) is 0 Å². The summed E-state index contributed by atoms with van der Waals surface area (Å²) >= 11 is 0. The summed E-state index contributed by atoms with van der Waals surface area (Å²) in [7, 11) is 0. The number of aromatic nitrogens is 1. The number of benzene rings is 1. The molecule has 0 atom stereocenters. The van der Waals surface area contributed by atoms with Crippen LogP contribution in [-0.2, 0) is 6.54 Å². The maximum absolute atomic E-state index is 12.9. The number of rotatable bonds is 8. The molecule has 0 aliphatic carbocycles. The highest BCUT2D eigenvalue weighted by Crippen LogP contribution is 2.19. The van der Waals surface area contributed by atoms with Gasteiger partial charge in [0.15, 0.2) is 5.43 Å². The monoisotopic (exact) mass is 312 g/mol. The summed E-state index contributed by atoms with van der Waals surface area (Å²) in [6.45, 7) is 14.0. The molecule has 1 N–H and O–H groups in total. The predicted molar refractivity (Wildman–Crippen MR) is 96.1 cm³/mol. The summed E-state index contributed by atoms with van der Waals surface area (Å²) in [5, 5.41) is 0.661. The molecular weight excluding hydrogens is 288 g/mol. The Bertz CT molecular complexity index is 752. The third-order valence-electron chi connectivity index (χ3n) is 3.75. The fraction of sp³-hybridized carbons (Fsp3) is 0.316. The predicted octanol–water partition coefficient (Wildman–Crippen LogP) is 3.41. The highest BCUT2D eigenvalue weighted by molar-refractivity contribution is 5.81. The number of nitrogens with zero attached hydrogens (tertiary/aromatic N) is 1. The Morgan fingerprint density at radius 3 is 2.57 bits per heavy atom. The third-order valence-corrected chi connectivity index (χ3v) is 3.75. The van der Waals surface area contributed by atoms with Gasteiger partial charge in [-0.2, -0.15) is 0 Å². The number of aryl methyl sites for hydroxylation is 1. The molecule has 0 spiro atoms. The van der Waals surface area contributed by atoms with Crippen molar-refractivity contribution in [3.63, 3.8) is 0 Å². The average molecular weight is 312 g/mol. The molecule has 1 heterocycles. The van der Waals surface area contributed by atoms with Crippen molar-refractivity contribution in [1.29, 1.82) is 0 Å². The van der Waals surface area contributed by atoms with Crippen molar-refractivity contribution in [3.05, 3.63) is 65.0 Å². The minimum absolute atomic E-state index is 0.0518. The van der Waals surface area contributed by atoms with E-state index in [2.05, 4.69) is 23.0 Å². The van der Waals surface area contributed by atoms with Crippen molar-refractivity contribution in [1.82, 2.24) is 9.88 Å². The summed E-state index contributed by atoms with van der Waals surface area (Å²) in [5.74, 6) is 0.717. The summed E-state index contributed by atoms with van der Waals surface area (Å²) in [6.07, 6.45) is 3.67. The van der Waals surface area contributed by atoms with Crippen molar-refractivity contribution in [2.75, 3.05) is 19.7 Å². The SMILES string of the molecule is C=CCN(CC=C)Cc1c(C)[nH]c2ccc(OCC)cc2c1=O. The minimum Gasteiger partial charge on any atom is -0.494 e. The van der Waals surface area contributed by atoms with Crippen molar-refractivity contribution >= 4 is 10.9 Å². The van der Waals surface area contributed by atoms with Crippen LogP contribution in [0.5, 0.6) is 5.75 Å². The molecule has 4 heteroatoms. The zero-order chi connectivity index (χ0) is 16.8. The van der Waals surface area contributed by atoms with Crippen LogP contribution in [0.15, 0.2) is 48.3 Å². The molecule has 0 radical (unpaired) electrons. The van der Waals surface area contributed by atoms with E-state index in [4.69, 9.17) is 4.74 Å². The van der Waals surface area contributed by atoms with Gasteiger partial charge in [-0.1, -0.05) is 12.2 Å². The normalized spacial score (nSPS) is 10.9. The molecule has 0 fully saturated rings. The molecule has 1 aromatic heterocycles. The molecular formula is C19H24N2O2. The van der Waals surface area contributed by atoms with Gasteiger partial charge in [-0.25, -0.2) is 0 Å². The van der Waals surface area contributed by atoms with E-state index in [0.29, 0.717) is 37.4 Å². The van der Waals surface area contributed by atoms with Crippen LogP contribution >= 0.6 is 0 Å². The number of H-pyrrole nitrogens is 1. The molecule has 0 unspecified atom stereocenters. The van der Waals surface area contributed by atoms with Crippen LogP contribution in [0.3, 0.4) is 0 Å². The first-order valence-electron chi connectivity index (χ1n) is 7.83. The van der Waals surface area contributed by atoms with Gasteiger partial charge in [-0.15, -0.1) is 13.2 Å². The lowest BCUT2D eigenvalue weighted by atomic mass is 10.1. The van der Waals surface area contributed by atoms with Gasteiger partial charge in [-0.05, 0) is 32.0 Å². The lowest BCUT2D eigenvalue weighted by molar-refractivity contribution is 0.326. The van der Waals surface area contributed by atoms with E-state index in [9.17, 15) is 4.79 Å². The second kappa shape index (κ2) is 7.79. The van der Waals surface area contributed by atoms with Gasteiger partial charge in [0.25, 0.3) is 0 Å². The molecule has 0 bridgehead atoms. The first-order chi connectivity index (χ1) is 11.1. The molecule has 2 aromatic rings. The topological polar surface area (TPSA) is 45.3 Å². The van der Waals surface area contributed by atoms with Crippen molar-refractivity contribution in [2.24, 2.45) is 0 Å². The van der Waals surface area contributed by atoms with Gasteiger partial charge in [0.05, 0.1) is 6.61 Å². The Hall–Kier alpha value is -2.33. The quantitative estimate of drug-likeness (QED) is 0.760. The number of hydrogen-bond acceptors (Lipinski definition) is 3. The summed E-state index contributed by atoms with van der Waals surface area (Å²) < 4.78 is 5.51. The van der Waals surface area contributed by atoms with Crippen molar-refractivity contribution in [3.8, 4) is 5.75 Å². The average Bonchev–Trinajstić information content (AvgIpc) is 2.53. The van der Waals surface area contributed by atoms with E-state index >= 15 is 0 Å². The van der Waals surface area contributed by atoms with Gasteiger partial charge in [0.1, 0.15) is 5.75 Å².